The van der Waals surface area contributed by atoms with E-state index in [1.807, 2.05) is 11.4 Å². The maximum Gasteiger partial charge on any atom is 0.326 e. The third kappa shape index (κ3) is 2.27. The number of hydrogen-bond acceptors (Lipinski definition) is 7. The standard InChI is InChI=1S/C20H18N2O5S3/c1-6(19(25)26)22-17(23)11-7-5-8(12(11)18(22)24)14-10(7)13(9-3-2-4-28-9)15-16(29-14)21-20(27)30-15/h2-4,6-8,10-14H,5H2,1H3,(H,21,27)(H,25,26)/t6-,7-,8+,10+,11-,12+,13+,14-/m1/s1. The molecule has 0 aromatic carbocycles. The number of H-pyrrole nitrogens is 1. The predicted octanol–water partition coefficient (Wildman–Crippen LogP) is 2.44. The first kappa shape index (κ1) is 18.8. The topological polar surface area (TPSA) is 108 Å². The van der Waals surface area contributed by atoms with Crippen molar-refractivity contribution < 1.29 is 19.5 Å². The van der Waals surface area contributed by atoms with Crippen molar-refractivity contribution in [3.63, 3.8) is 0 Å². The van der Waals surface area contributed by atoms with Gasteiger partial charge in [-0.1, -0.05) is 17.4 Å². The van der Waals surface area contributed by atoms with Crippen LogP contribution in [0.1, 0.15) is 29.0 Å². The van der Waals surface area contributed by atoms with E-state index in [2.05, 4.69) is 11.1 Å². The van der Waals surface area contributed by atoms with Crippen LogP contribution in [0.3, 0.4) is 0 Å². The molecule has 2 bridgehead atoms. The van der Waals surface area contributed by atoms with Crippen LogP contribution in [0.5, 0.6) is 0 Å². The van der Waals surface area contributed by atoms with Crippen LogP contribution in [-0.4, -0.2) is 44.1 Å². The van der Waals surface area contributed by atoms with E-state index in [0.717, 1.165) is 21.2 Å². The quantitative estimate of drug-likeness (QED) is 0.679. The van der Waals surface area contributed by atoms with E-state index in [1.165, 1.54) is 23.1 Å². The highest BCUT2D eigenvalue weighted by molar-refractivity contribution is 8.00. The molecule has 1 saturated heterocycles. The van der Waals surface area contributed by atoms with Crippen LogP contribution < -0.4 is 4.87 Å². The van der Waals surface area contributed by atoms with Gasteiger partial charge < -0.3 is 10.1 Å². The van der Waals surface area contributed by atoms with Crippen molar-refractivity contribution in [2.24, 2.45) is 29.6 Å². The number of thioether (sulfide) groups is 1. The number of fused-ring (bicyclic) bond motifs is 9. The molecule has 2 aromatic heterocycles. The van der Waals surface area contributed by atoms with E-state index in [1.54, 1.807) is 23.1 Å². The molecule has 2 aliphatic carbocycles. The predicted molar refractivity (Wildman–Crippen MR) is 112 cm³/mol. The molecule has 156 valence electrons. The van der Waals surface area contributed by atoms with Crippen molar-refractivity contribution >= 4 is 52.2 Å². The van der Waals surface area contributed by atoms with Gasteiger partial charge in [-0.15, -0.1) is 23.1 Å². The second-order valence-corrected chi connectivity index (χ2v) is 11.7. The highest BCUT2D eigenvalue weighted by atomic mass is 32.2. The molecule has 0 unspecified atom stereocenters. The van der Waals surface area contributed by atoms with Crippen LogP contribution in [0.4, 0.5) is 0 Å². The SMILES string of the molecule is C[C@H](C(=O)O)N1C(=O)[C@@H]2[C@@H]3C[C@H]([C@H]4Sc5[nH]c(=O)sc5[C@@H](c5cccs5)[C@H]34)[C@@H]2C1=O. The molecule has 2 saturated carbocycles. The molecule has 0 spiro atoms. The number of aliphatic carboxylic acids is 1. The summed E-state index contributed by atoms with van der Waals surface area (Å²) in [6.45, 7) is 1.40. The fourth-order valence-corrected chi connectivity index (χ4v) is 10.2. The minimum absolute atomic E-state index is 0.0245. The highest BCUT2D eigenvalue weighted by Gasteiger charge is 2.70. The minimum Gasteiger partial charge on any atom is -0.480 e. The third-order valence-electron chi connectivity index (χ3n) is 7.35. The van der Waals surface area contributed by atoms with Crippen LogP contribution in [-0.2, 0) is 14.4 Å². The van der Waals surface area contributed by atoms with Crippen LogP contribution in [0, 0.1) is 29.6 Å². The summed E-state index contributed by atoms with van der Waals surface area (Å²) < 4.78 is 0. The number of carboxylic acid groups (broad SMARTS) is 1. The first-order chi connectivity index (χ1) is 14.4. The number of likely N-dealkylation sites (tertiary alicyclic amines) is 1. The van der Waals surface area contributed by atoms with Crippen LogP contribution in [0.2, 0.25) is 0 Å². The molecular formula is C20H18N2O5S3. The summed E-state index contributed by atoms with van der Waals surface area (Å²) in [5, 5.41) is 12.4. The van der Waals surface area contributed by atoms with Gasteiger partial charge in [0.2, 0.25) is 11.8 Å². The molecule has 8 atom stereocenters. The Bertz CT molecular complexity index is 1140. The number of aromatic nitrogens is 1. The van der Waals surface area contributed by atoms with Crippen molar-refractivity contribution in [2.75, 3.05) is 0 Å². The Kier molecular flexibility index (Phi) is 3.96. The molecule has 10 heteroatoms. The summed E-state index contributed by atoms with van der Waals surface area (Å²) in [6, 6.07) is 2.94. The van der Waals surface area contributed by atoms with Crippen molar-refractivity contribution in [3.05, 3.63) is 36.9 Å². The van der Waals surface area contributed by atoms with E-state index in [0.29, 0.717) is 0 Å². The Labute approximate surface area is 183 Å². The van der Waals surface area contributed by atoms with Gasteiger partial charge in [-0.2, -0.15) is 0 Å². The number of thiazole rings is 1. The number of rotatable bonds is 3. The second kappa shape index (κ2) is 6.30. The molecule has 3 fully saturated rings. The van der Waals surface area contributed by atoms with Gasteiger partial charge in [-0.3, -0.25) is 19.3 Å². The smallest absolute Gasteiger partial charge is 0.326 e. The molecule has 4 heterocycles. The van der Waals surface area contributed by atoms with Gasteiger partial charge in [0.1, 0.15) is 6.04 Å². The first-order valence-electron chi connectivity index (χ1n) is 9.91. The number of nitrogens with zero attached hydrogens (tertiary/aromatic N) is 1. The minimum atomic E-state index is -1.16. The van der Waals surface area contributed by atoms with Gasteiger partial charge in [0, 0.05) is 20.9 Å². The Morgan fingerprint density at radius 3 is 2.63 bits per heavy atom. The Morgan fingerprint density at radius 1 is 1.23 bits per heavy atom. The molecule has 2 aromatic rings. The van der Waals surface area contributed by atoms with Crippen molar-refractivity contribution in [3.8, 4) is 0 Å². The lowest BCUT2D eigenvalue weighted by Crippen LogP contribution is -2.44. The van der Waals surface area contributed by atoms with Crippen LogP contribution >= 0.6 is 34.4 Å². The maximum atomic E-state index is 13.2. The molecule has 0 radical (unpaired) electrons. The molecule has 4 aliphatic rings. The molecule has 2 amide bonds. The largest absolute Gasteiger partial charge is 0.480 e. The van der Waals surface area contributed by atoms with Crippen LogP contribution in [0.15, 0.2) is 27.3 Å². The molecular weight excluding hydrogens is 444 g/mol. The van der Waals surface area contributed by atoms with E-state index in [9.17, 15) is 24.3 Å². The number of imide groups is 1. The highest BCUT2D eigenvalue weighted by Crippen LogP contribution is 2.68. The first-order valence-corrected chi connectivity index (χ1v) is 12.5. The lowest BCUT2D eigenvalue weighted by molar-refractivity contribution is -0.154. The molecule has 7 nitrogen and oxygen atoms in total. The third-order valence-corrected chi connectivity index (χ3v) is 10.9. The Hall–Kier alpha value is -1.91. The van der Waals surface area contributed by atoms with E-state index in [4.69, 9.17) is 0 Å². The lowest BCUT2D eigenvalue weighted by atomic mass is 9.69. The fraction of sp³-hybridized carbons (Fsp3) is 0.500. The number of carbonyl (C=O) groups is 3. The van der Waals surface area contributed by atoms with E-state index in [-0.39, 0.29) is 45.6 Å². The van der Waals surface area contributed by atoms with Gasteiger partial charge in [-0.25, -0.2) is 4.79 Å². The number of hydrogen-bond donors (Lipinski definition) is 2. The van der Waals surface area contributed by atoms with Gasteiger partial charge >= 0.3 is 10.8 Å². The Morgan fingerprint density at radius 2 is 1.97 bits per heavy atom. The molecule has 30 heavy (non-hydrogen) atoms. The van der Waals surface area contributed by atoms with E-state index >= 15 is 0 Å². The zero-order chi connectivity index (χ0) is 20.9. The van der Waals surface area contributed by atoms with Gasteiger partial charge in [-0.05, 0) is 42.5 Å². The molecule has 2 N–H and O–H groups in total. The van der Waals surface area contributed by atoms with Gasteiger partial charge in [0.05, 0.1) is 16.9 Å². The fourth-order valence-electron chi connectivity index (χ4n) is 6.32. The molecule has 2 aliphatic heterocycles. The van der Waals surface area contributed by atoms with E-state index < -0.39 is 23.8 Å². The summed E-state index contributed by atoms with van der Waals surface area (Å²) in [7, 11) is 0. The van der Waals surface area contributed by atoms with Crippen molar-refractivity contribution in [2.45, 2.75) is 35.6 Å². The number of nitrogens with one attached hydrogen (secondary N) is 1. The molecule has 6 rings (SSSR count). The number of carboxylic acids is 1. The number of thiophene rings is 1. The van der Waals surface area contributed by atoms with Crippen molar-refractivity contribution in [1.29, 1.82) is 0 Å². The lowest BCUT2D eigenvalue weighted by Gasteiger charge is -2.42. The zero-order valence-electron chi connectivity index (χ0n) is 15.8. The normalized spacial score (nSPS) is 37.2. The Balaban J connectivity index is 1.45. The van der Waals surface area contributed by atoms with Crippen LogP contribution in [0.25, 0.3) is 0 Å². The summed E-state index contributed by atoms with van der Waals surface area (Å²) in [5.74, 6) is -2.44. The number of aromatic amines is 1. The van der Waals surface area contributed by atoms with Gasteiger partial charge in [0.15, 0.2) is 0 Å². The summed E-state index contributed by atoms with van der Waals surface area (Å²) >= 11 is 4.54. The summed E-state index contributed by atoms with van der Waals surface area (Å²) in [6.07, 6.45) is 0.811. The monoisotopic (exact) mass is 462 g/mol. The summed E-state index contributed by atoms with van der Waals surface area (Å²) in [5.41, 5.74) is 0. The second-order valence-electron chi connectivity index (χ2n) is 8.54. The maximum absolute atomic E-state index is 13.2. The zero-order valence-corrected chi connectivity index (χ0v) is 18.3. The number of amides is 2. The average molecular weight is 463 g/mol. The number of carbonyl (C=O) groups excluding carboxylic acids is 2. The average Bonchev–Trinajstić information content (AvgIpc) is 3.48. The summed E-state index contributed by atoms with van der Waals surface area (Å²) in [4.78, 5) is 56.1. The van der Waals surface area contributed by atoms with Crippen molar-refractivity contribution in [1.82, 2.24) is 9.88 Å². The van der Waals surface area contributed by atoms with Gasteiger partial charge in [0.25, 0.3) is 0 Å².